The van der Waals surface area contributed by atoms with Gasteiger partial charge in [0.2, 0.25) is 5.91 Å². The number of sulfone groups is 1. The van der Waals surface area contributed by atoms with Gasteiger partial charge in [-0.1, -0.05) is 6.07 Å². The van der Waals surface area contributed by atoms with E-state index < -0.39 is 28.3 Å². The summed E-state index contributed by atoms with van der Waals surface area (Å²) in [5.41, 5.74) is 2.41. The lowest BCUT2D eigenvalue weighted by atomic mass is 10.1. The van der Waals surface area contributed by atoms with Gasteiger partial charge in [-0.25, -0.2) is 13.8 Å². The fourth-order valence-corrected chi connectivity index (χ4v) is 4.12. The number of carbonyl (C=O) groups excluding carboxylic acids is 1. The van der Waals surface area contributed by atoms with E-state index in [1.54, 1.807) is 13.0 Å². The highest BCUT2D eigenvalue weighted by Gasteiger charge is 2.32. The van der Waals surface area contributed by atoms with Crippen molar-refractivity contribution in [1.29, 1.82) is 0 Å². The van der Waals surface area contributed by atoms with Gasteiger partial charge >= 0.3 is 6.61 Å². The zero-order valence-electron chi connectivity index (χ0n) is 13.4. The average Bonchev–Trinajstić information content (AvgIpc) is 2.90. The number of hydrogen-bond donors (Lipinski definition) is 1. The first kappa shape index (κ1) is 19.1. The van der Waals surface area contributed by atoms with Crippen molar-refractivity contribution in [1.82, 2.24) is 5.43 Å². The predicted molar refractivity (Wildman–Crippen MR) is 86.7 cm³/mol. The van der Waals surface area contributed by atoms with Gasteiger partial charge in [-0.2, -0.15) is 13.9 Å². The highest BCUT2D eigenvalue weighted by Crippen LogP contribution is 2.31. The quantitative estimate of drug-likeness (QED) is 0.576. The van der Waals surface area contributed by atoms with Gasteiger partial charge in [0.15, 0.2) is 21.3 Å². The number of halogens is 2. The van der Waals surface area contributed by atoms with Gasteiger partial charge in [0.25, 0.3) is 0 Å². The summed E-state index contributed by atoms with van der Waals surface area (Å²) in [4.78, 5) is 11.9. The molecule has 0 unspecified atom stereocenters. The van der Waals surface area contributed by atoms with E-state index in [2.05, 4.69) is 15.3 Å². The Morgan fingerprint density at radius 3 is 2.84 bits per heavy atom. The Bertz CT molecular complexity index is 752. The minimum absolute atomic E-state index is 0.0302. The SMILES string of the molecule is CCOc1cccc(/C=N\NC(=O)[C@@H]2CCS(=O)(=O)C2)c1OC(F)F. The molecule has 1 amide bonds. The van der Waals surface area contributed by atoms with Crippen LogP contribution in [0.3, 0.4) is 0 Å². The van der Waals surface area contributed by atoms with Crippen LogP contribution in [0, 0.1) is 5.92 Å². The third-order valence-electron chi connectivity index (χ3n) is 3.50. The molecule has 0 saturated carbocycles. The molecule has 1 aromatic rings. The second kappa shape index (κ2) is 8.24. The summed E-state index contributed by atoms with van der Waals surface area (Å²) in [5.74, 6) is -1.50. The van der Waals surface area contributed by atoms with Crippen molar-refractivity contribution in [3.63, 3.8) is 0 Å². The van der Waals surface area contributed by atoms with E-state index in [9.17, 15) is 22.0 Å². The molecule has 10 heteroatoms. The number of benzene rings is 1. The van der Waals surface area contributed by atoms with Crippen LogP contribution >= 0.6 is 0 Å². The molecule has 1 fully saturated rings. The van der Waals surface area contributed by atoms with E-state index in [0.29, 0.717) is 0 Å². The highest BCUT2D eigenvalue weighted by atomic mass is 32.2. The molecule has 2 rings (SSSR count). The van der Waals surface area contributed by atoms with Gasteiger partial charge in [-0.05, 0) is 25.5 Å². The molecule has 25 heavy (non-hydrogen) atoms. The van der Waals surface area contributed by atoms with Crippen molar-refractivity contribution in [2.45, 2.75) is 20.0 Å². The summed E-state index contributed by atoms with van der Waals surface area (Å²) in [6.07, 6.45) is 1.38. The standard InChI is InChI=1S/C15H18F2N2O5S/c1-2-23-12-5-3-4-10(13(12)24-15(16)17)8-18-19-14(20)11-6-7-25(21,22)9-11/h3-5,8,11,15H,2,6-7,9H2,1H3,(H,19,20)/b18-8-/t11-/m1/s1. The second-order valence-electron chi connectivity index (χ2n) is 5.32. The van der Waals surface area contributed by atoms with E-state index >= 15 is 0 Å². The van der Waals surface area contributed by atoms with Crippen LogP contribution in [-0.2, 0) is 14.6 Å². The van der Waals surface area contributed by atoms with Crippen LogP contribution in [0.5, 0.6) is 11.5 Å². The van der Waals surface area contributed by atoms with E-state index in [1.807, 2.05) is 0 Å². The van der Waals surface area contributed by atoms with Crippen LogP contribution in [0.15, 0.2) is 23.3 Å². The Hall–Kier alpha value is -2.23. The molecule has 1 aromatic carbocycles. The minimum Gasteiger partial charge on any atom is -0.490 e. The highest BCUT2D eigenvalue weighted by molar-refractivity contribution is 7.91. The summed E-state index contributed by atoms with van der Waals surface area (Å²) in [6, 6.07) is 4.51. The smallest absolute Gasteiger partial charge is 0.387 e. The van der Waals surface area contributed by atoms with Crippen LogP contribution in [0.4, 0.5) is 8.78 Å². The van der Waals surface area contributed by atoms with Crippen molar-refractivity contribution in [2.75, 3.05) is 18.1 Å². The van der Waals surface area contributed by atoms with E-state index in [0.717, 1.165) is 6.21 Å². The van der Waals surface area contributed by atoms with Gasteiger partial charge in [0.05, 0.1) is 30.2 Å². The number of para-hydroxylation sites is 1. The summed E-state index contributed by atoms with van der Waals surface area (Å²) in [6.45, 7) is -1.09. The molecule has 1 saturated heterocycles. The van der Waals surface area contributed by atoms with E-state index in [1.165, 1.54) is 12.1 Å². The van der Waals surface area contributed by atoms with Crippen LogP contribution in [0.2, 0.25) is 0 Å². The Labute approximate surface area is 143 Å². The molecule has 138 valence electrons. The normalized spacial score (nSPS) is 19.3. The van der Waals surface area contributed by atoms with Gasteiger partial charge in [-0.15, -0.1) is 0 Å². The predicted octanol–water partition coefficient (Wildman–Crippen LogP) is 1.57. The third kappa shape index (κ3) is 5.38. The maximum atomic E-state index is 12.6. The van der Waals surface area contributed by atoms with Crippen LogP contribution in [0.1, 0.15) is 18.9 Å². The zero-order valence-corrected chi connectivity index (χ0v) is 14.3. The lowest BCUT2D eigenvalue weighted by molar-refractivity contribution is -0.124. The summed E-state index contributed by atoms with van der Waals surface area (Å²) >= 11 is 0. The average molecular weight is 376 g/mol. The first-order chi connectivity index (χ1) is 11.8. The second-order valence-corrected chi connectivity index (χ2v) is 7.55. The minimum atomic E-state index is -3.18. The molecule has 0 radical (unpaired) electrons. The maximum Gasteiger partial charge on any atom is 0.387 e. The summed E-state index contributed by atoms with van der Waals surface area (Å²) in [7, 11) is -3.18. The fraction of sp³-hybridized carbons (Fsp3) is 0.467. The van der Waals surface area contributed by atoms with Gasteiger partial charge < -0.3 is 9.47 Å². The number of rotatable bonds is 7. The number of amides is 1. The lowest BCUT2D eigenvalue weighted by Gasteiger charge is -2.13. The molecule has 1 heterocycles. The van der Waals surface area contributed by atoms with E-state index in [4.69, 9.17) is 4.74 Å². The van der Waals surface area contributed by atoms with Crippen LogP contribution in [-0.4, -0.2) is 45.3 Å². The zero-order chi connectivity index (χ0) is 18.4. The van der Waals surface area contributed by atoms with Gasteiger partial charge in [-0.3, -0.25) is 4.79 Å². The van der Waals surface area contributed by atoms with Crippen molar-refractivity contribution in [3.8, 4) is 11.5 Å². The Morgan fingerprint density at radius 2 is 2.24 bits per heavy atom. The molecule has 1 atom stereocenters. The molecule has 0 spiro atoms. The molecule has 0 aromatic heterocycles. The number of alkyl halides is 2. The van der Waals surface area contributed by atoms with Gasteiger partial charge in [0.1, 0.15) is 0 Å². The fourth-order valence-electron chi connectivity index (χ4n) is 2.38. The third-order valence-corrected chi connectivity index (χ3v) is 5.27. The molecule has 1 N–H and O–H groups in total. The van der Waals surface area contributed by atoms with Crippen molar-refractivity contribution in [3.05, 3.63) is 23.8 Å². The Kier molecular flexibility index (Phi) is 6.29. The Morgan fingerprint density at radius 1 is 1.48 bits per heavy atom. The first-order valence-corrected chi connectivity index (χ1v) is 9.38. The van der Waals surface area contributed by atoms with Crippen molar-refractivity contribution < 1.29 is 31.5 Å². The first-order valence-electron chi connectivity index (χ1n) is 7.56. The molecule has 0 aliphatic carbocycles. The number of ether oxygens (including phenoxy) is 2. The van der Waals surface area contributed by atoms with Crippen molar-refractivity contribution >= 4 is 22.0 Å². The summed E-state index contributed by atoms with van der Waals surface area (Å²) < 4.78 is 57.6. The number of nitrogens with zero attached hydrogens (tertiary/aromatic N) is 1. The van der Waals surface area contributed by atoms with Crippen LogP contribution < -0.4 is 14.9 Å². The lowest BCUT2D eigenvalue weighted by Crippen LogP contribution is -2.27. The van der Waals surface area contributed by atoms with E-state index in [-0.39, 0.29) is 41.6 Å². The number of hydrogen-bond acceptors (Lipinski definition) is 6. The van der Waals surface area contributed by atoms with Crippen molar-refractivity contribution in [2.24, 2.45) is 11.0 Å². The molecule has 7 nitrogen and oxygen atoms in total. The molecule has 1 aliphatic heterocycles. The molecular weight excluding hydrogens is 358 g/mol. The molecule has 1 aliphatic rings. The van der Waals surface area contributed by atoms with Gasteiger partial charge in [0, 0.05) is 5.56 Å². The Balaban J connectivity index is 2.09. The number of carbonyl (C=O) groups is 1. The topological polar surface area (TPSA) is 94.1 Å². The monoisotopic (exact) mass is 376 g/mol. The number of hydrazone groups is 1. The number of nitrogens with one attached hydrogen (secondary N) is 1. The maximum absolute atomic E-state index is 12.6. The molecular formula is C15H18F2N2O5S. The molecule has 0 bridgehead atoms. The largest absolute Gasteiger partial charge is 0.490 e. The summed E-state index contributed by atoms with van der Waals surface area (Å²) in [5, 5.41) is 3.70. The van der Waals surface area contributed by atoms with Crippen LogP contribution in [0.25, 0.3) is 0 Å².